The maximum absolute atomic E-state index is 12.7. The van der Waals surface area contributed by atoms with Crippen molar-refractivity contribution in [2.75, 3.05) is 13.1 Å². The van der Waals surface area contributed by atoms with Gasteiger partial charge in [-0.1, -0.05) is 43.0 Å². The Morgan fingerprint density at radius 3 is 2.57 bits per heavy atom. The van der Waals surface area contributed by atoms with Gasteiger partial charge in [0.2, 0.25) is 15.9 Å². The smallest absolute Gasteiger partial charge is 0.245 e. The second kappa shape index (κ2) is 7.83. The van der Waals surface area contributed by atoms with E-state index in [1.807, 2.05) is 0 Å². The Balaban J connectivity index is 2.14. The highest BCUT2D eigenvalue weighted by Crippen LogP contribution is 2.27. The fourth-order valence-electron chi connectivity index (χ4n) is 2.68. The molecular weight excluding hydrogens is 359 g/mol. The van der Waals surface area contributed by atoms with Gasteiger partial charge < -0.3 is 5.32 Å². The molecule has 128 valence electrons. The van der Waals surface area contributed by atoms with E-state index in [2.05, 4.69) is 5.32 Å². The van der Waals surface area contributed by atoms with Gasteiger partial charge in [-0.3, -0.25) is 4.79 Å². The SMILES string of the molecule is CCN(CC(=O)NC1CCCC1)S(=O)(=O)c1cc(Cl)ccc1Cl. The number of halogens is 2. The highest BCUT2D eigenvalue weighted by atomic mass is 35.5. The summed E-state index contributed by atoms with van der Waals surface area (Å²) in [5, 5.41) is 3.25. The van der Waals surface area contributed by atoms with Gasteiger partial charge in [-0.05, 0) is 31.0 Å². The number of carbonyl (C=O) groups is 1. The molecule has 0 aromatic heterocycles. The fraction of sp³-hybridized carbons (Fsp3) is 0.533. The van der Waals surface area contributed by atoms with Crippen LogP contribution in [0.2, 0.25) is 10.0 Å². The van der Waals surface area contributed by atoms with Crippen LogP contribution in [-0.4, -0.2) is 37.8 Å². The highest BCUT2D eigenvalue weighted by molar-refractivity contribution is 7.89. The van der Waals surface area contributed by atoms with Crippen LogP contribution in [0.1, 0.15) is 32.6 Å². The highest BCUT2D eigenvalue weighted by Gasteiger charge is 2.28. The molecule has 1 aliphatic carbocycles. The average Bonchev–Trinajstić information content (AvgIpc) is 2.99. The lowest BCUT2D eigenvalue weighted by atomic mass is 10.2. The summed E-state index contributed by atoms with van der Waals surface area (Å²) in [4.78, 5) is 12.0. The number of nitrogens with one attached hydrogen (secondary N) is 1. The zero-order valence-corrected chi connectivity index (χ0v) is 15.2. The number of benzene rings is 1. The van der Waals surface area contributed by atoms with E-state index in [0.29, 0.717) is 0 Å². The molecule has 1 aromatic rings. The minimum Gasteiger partial charge on any atom is -0.352 e. The third-order valence-corrected chi connectivity index (χ3v) is 6.54. The molecule has 1 aromatic carbocycles. The van der Waals surface area contributed by atoms with E-state index >= 15 is 0 Å². The number of sulfonamides is 1. The summed E-state index contributed by atoms with van der Waals surface area (Å²) in [5.41, 5.74) is 0. The maximum Gasteiger partial charge on any atom is 0.245 e. The summed E-state index contributed by atoms with van der Waals surface area (Å²) in [6.45, 7) is 1.63. The van der Waals surface area contributed by atoms with Crippen LogP contribution < -0.4 is 5.32 Å². The van der Waals surface area contributed by atoms with Crippen LogP contribution in [0.3, 0.4) is 0 Å². The molecule has 1 N–H and O–H groups in total. The van der Waals surface area contributed by atoms with Gasteiger partial charge in [-0.25, -0.2) is 8.42 Å². The molecule has 0 aliphatic heterocycles. The van der Waals surface area contributed by atoms with E-state index < -0.39 is 10.0 Å². The molecule has 0 bridgehead atoms. The fourth-order valence-corrected chi connectivity index (χ4v) is 4.83. The Bertz CT molecular complexity index is 673. The molecule has 0 spiro atoms. The van der Waals surface area contributed by atoms with Crippen LogP contribution in [0.4, 0.5) is 0 Å². The summed E-state index contributed by atoms with van der Waals surface area (Å²) in [5.74, 6) is -0.291. The molecular formula is C15H20Cl2N2O3S. The lowest BCUT2D eigenvalue weighted by Crippen LogP contribution is -2.43. The predicted octanol–water partition coefficient (Wildman–Crippen LogP) is 3.06. The molecule has 5 nitrogen and oxygen atoms in total. The molecule has 1 saturated carbocycles. The molecule has 0 heterocycles. The number of rotatable bonds is 6. The minimum atomic E-state index is -3.88. The zero-order chi connectivity index (χ0) is 17.0. The molecule has 0 radical (unpaired) electrons. The molecule has 0 unspecified atom stereocenters. The van der Waals surface area contributed by atoms with Gasteiger partial charge in [-0.15, -0.1) is 0 Å². The molecule has 0 saturated heterocycles. The molecule has 1 aliphatic rings. The first kappa shape index (κ1) is 18.5. The van der Waals surface area contributed by atoms with Gasteiger partial charge in [0.15, 0.2) is 0 Å². The van der Waals surface area contributed by atoms with Gasteiger partial charge in [0.05, 0.1) is 11.6 Å². The van der Waals surface area contributed by atoms with Crippen molar-refractivity contribution in [1.29, 1.82) is 0 Å². The van der Waals surface area contributed by atoms with Crippen LogP contribution in [0.25, 0.3) is 0 Å². The van der Waals surface area contributed by atoms with Crippen molar-refractivity contribution in [3.63, 3.8) is 0 Å². The van der Waals surface area contributed by atoms with E-state index in [4.69, 9.17) is 23.2 Å². The molecule has 23 heavy (non-hydrogen) atoms. The molecule has 8 heteroatoms. The Morgan fingerprint density at radius 2 is 1.96 bits per heavy atom. The van der Waals surface area contributed by atoms with E-state index in [9.17, 15) is 13.2 Å². The van der Waals surface area contributed by atoms with Crippen molar-refractivity contribution in [3.8, 4) is 0 Å². The molecule has 2 rings (SSSR count). The molecule has 0 atom stereocenters. The number of hydrogen-bond donors (Lipinski definition) is 1. The van der Waals surface area contributed by atoms with Gasteiger partial charge in [0.1, 0.15) is 4.90 Å². The van der Waals surface area contributed by atoms with E-state index in [0.717, 1.165) is 30.0 Å². The maximum atomic E-state index is 12.7. The van der Waals surface area contributed by atoms with Crippen molar-refractivity contribution >= 4 is 39.1 Å². The third-order valence-electron chi connectivity index (χ3n) is 3.90. The number of carbonyl (C=O) groups excluding carboxylic acids is 1. The van der Waals surface area contributed by atoms with Gasteiger partial charge in [0.25, 0.3) is 0 Å². The zero-order valence-electron chi connectivity index (χ0n) is 12.9. The minimum absolute atomic E-state index is 0.0813. The topological polar surface area (TPSA) is 66.5 Å². The quantitative estimate of drug-likeness (QED) is 0.826. The third kappa shape index (κ3) is 4.59. The van der Waals surface area contributed by atoms with Gasteiger partial charge >= 0.3 is 0 Å². The molecule has 1 fully saturated rings. The first-order chi connectivity index (χ1) is 10.8. The van der Waals surface area contributed by atoms with Gasteiger partial charge in [-0.2, -0.15) is 4.31 Å². The summed E-state index contributed by atoms with van der Waals surface area (Å²) >= 11 is 11.9. The van der Waals surface area contributed by atoms with Crippen molar-refractivity contribution in [2.24, 2.45) is 0 Å². The summed E-state index contributed by atoms with van der Waals surface area (Å²) in [6.07, 6.45) is 4.09. The summed E-state index contributed by atoms with van der Waals surface area (Å²) in [6, 6.07) is 4.41. The molecule has 1 amide bonds. The standard InChI is InChI=1S/C15H20Cl2N2O3S/c1-2-19(10-15(20)18-12-5-3-4-6-12)23(21,22)14-9-11(16)7-8-13(14)17/h7-9,12H,2-6,10H2,1H3,(H,18,20). The van der Waals surface area contributed by atoms with Crippen LogP contribution in [0.5, 0.6) is 0 Å². The monoisotopic (exact) mass is 378 g/mol. The van der Waals surface area contributed by atoms with Crippen molar-refractivity contribution in [2.45, 2.75) is 43.5 Å². The Hall–Kier alpha value is -0.820. The van der Waals surface area contributed by atoms with Crippen LogP contribution in [-0.2, 0) is 14.8 Å². The van der Waals surface area contributed by atoms with Gasteiger partial charge in [0, 0.05) is 17.6 Å². The second-order valence-electron chi connectivity index (χ2n) is 5.55. The number of hydrogen-bond acceptors (Lipinski definition) is 3. The number of likely N-dealkylation sites (N-methyl/N-ethyl adjacent to an activating group) is 1. The summed E-state index contributed by atoms with van der Waals surface area (Å²) < 4.78 is 26.5. The largest absolute Gasteiger partial charge is 0.352 e. The van der Waals surface area contributed by atoms with E-state index in [-0.39, 0.29) is 40.0 Å². The average molecular weight is 379 g/mol. The van der Waals surface area contributed by atoms with E-state index in [1.54, 1.807) is 6.92 Å². The van der Waals surface area contributed by atoms with E-state index in [1.165, 1.54) is 18.2 Å². The lowest BCUT2D eigenvalue weighted by Gasteiger charge is -2.22. The Kier molecular flexibility index (Phi) is 6.31. The Labute approximate surface area is 147 Å². The first-order valence-corrected chi connectivity index (χ1v) is 9.78. The summed E-state index contributed by atoms with van der Waals surface area (Å²) in [7, 11) is -3.88. The van der Waals surface area contributed by atoms with Crippen LogP contribution >= 0.6 is 23.2 Å². The van der Waals surface area contributed by atoms with Crippen molar-refractivity contribution < 1.29 is 13.2 Å². The predicted molar refractivity (Wildman–Crippen MR) is 91.3 cm³/mol. The van der Waals surface area contributed by atoms with Crippen LogP contribution in [0, 0.1) is 0 Å². The second-order valence-corrected chi connectivity index (χ2v) is 8.30. The van der Waals surface area contributed by atoms with Crippen molar-refractivity contribution in [3.05, 3.63) is 28.2 Å². The normalized spacial score (nSPS) is 16.0. The first-order valence-electron chi connectivity index (χ1n) is 7.59. The number of amides is 1. The van der Waals surface area contributed by atoms with Crippen LogP contribution in [0.15, 0.2) is 23.1 Å². The Morgan fingerprint density at radius 1 is 1.30 bits per heavy atom. The number of nitrogens with zero attached hydrogens (tertiary/aromatic N) is 1. The van der Waals surface area contributed by atoms with Crippen molar-refractivity contribution in [1.82, 2.24) is 9.62 Å². The lowest BCUT2D eigenvalue weighted by molar-refractivity contribution is -0.121.